The normalized spacial score (nSPS) is 14.1. The summed E-state index contributed by atoms with van der Waals surface area (Å²) in [5.41, 5.74) is 15.2. The molecule has 2 N–H and O–H groups in total. The number of methoxy groups -OCH3 is 2. The monoisotopic (exact) mass is 462 g/mol. The van der Waals surface area contributed by atoms with Gasteiger partial charge in [-0.2, -0.15) is 5.10 Å². The average Bonchev–Trinajstić information content (AvgIpc) is 3.14. The van der Waals surface area contributed by atoms with E-state index in [0.717, 1.165) is 49.5 Å². The molecule has 4 rings (SSSR count). The summed E-state index contributed by atoms with van der Waals surface area (Å²) in [7, 11) is 5.43. The first kappa shape index (κ1) is 24.1. The molecule has 3 aromatic rings. The van der Waals surface area contributed by atoms with E-state index in [1.807, 2.05) is 6.07 Å². The van der Waals surface area contributed by atoms with Crippen molar-refractivity contribution in [1.29, 1.82) is 0 Å². The van der Waals surface area contributed by atoms with E-state index in [2.05, 4.69) is 61.7 Å². The molecule has 1 atom stereocenters. The van der Waals surface area contributed by atoms with Crippen molar-refractivity contribution in [2.45, 2.75) is 52.4 Å². The van der Waals surface area contributed by atoms with Crippen LogP contribution in [0.2, 0.25) is 0 Å². The van der Waals surface area contributed by atoms with E-state index in [4.69, 9.17) is 20.3 Å². The van der Waals surface area contributed by atoms with Gasteiger partial charge in [0.1, 0.15) is 0 Å². The average molecular weight is 463 g/mol. The molecule has 1 aromatic heterocycles. The standard InChI is InChI=1S/C28H38N4O2/c1-18-14-19(2)26(20(3)15-18)32-13-7-8-23-27(31(4)30-28(23)32)22(11-12-29)16-21-9-10-24(33-5)25(17-21)34-6/h9-10,14-15,17,22H,7-8,11-13,16,29H2,1-6H3. The summed E-state index contributed by atoms with van der Waals surface area (Å²) in [5.74, 6) is 2.90. The van der Waals surface area contributed by atoms with Gasteiger partial charge >= 0.3 is 0 Å². The maximum Gasteiger partial charge on any atom is 0.160 e. The second kappa shape index (κ2) is 10.1. The summed E-state index contributed by atoms with van der Waals surface area (Å²) in [4.78, 5) is 2.43. The van der Waals surface area contributed by atoms with Crippen LogP contribution in [0.15, 0.2) is 30.3 Å². The predicted molar refractivity (Wildman–Crippen MR) is 139 cm³/mol. The second-order valence-corrected chi connectivity index (χ2v) is 9.48. The van der Waals surface area contributed by atoms with Crippen LogP contribution in [0.5, 0.6) is 11.5 Å². The van der Waals surface area contributed by atoms with E-state index in [-0.39, 0.29) is 5.92 Å². The fraction of sp³-hybridized carbons (Fsp3) is 0.464. The third kappa shape index (κ3) is 4.51. The number of aryl methyl sites for hydroxylation is 4. The van der Waals surface area contributed by atoms with Crippen LogP contribution in [-0.2, 0) is 19.9 Å². The Morgan fingerprint density at radius 1 is 1.03 bits per heavy atom. The number of fused-ring (bicyclic) bond motifs is 1. The van der Waals surface area contributed by atoms with E-state index in [0.29, 0.717) is 6.54 Å². The summed E-state index contributed by atoms with van der Waals surface area (Å²) in [6, 6.07) is 10.7. The molecule has 0 fully saturated rings. The Morgan fingerprint density at radius 3 is 2.38 bits per heavy atom. The maximum absolute atomic E-state index is 6.10. The SMILES string of the molecule is COc1ccc(CC(CCN)c2c3c(nn2C)N(c2c(C)cc(C)cc2C)CCC3)cc1OC. The van der Waals surface area contributed by atoms with Crippen molar-refractivity contribution in [2.24, 2.45) is 12.8 Å². The molecule has 6 nitrogen and oxygen atoms in total. The molecular weight excluding hydrogens is 424 g/mol. The van der Waals surface area contributed by atoms with Crippen LogP contribution in [0.3, 0.4) is 0 Å². The minimum atomic E-state index is 0.282. The van der Waals surface area contributed by atoms with Crippen LogP contribution in [0.25, 0.3) is 0 Å². The molecule has 34 heavy (non-hydrogen) atoms. The van der Waals surface area contributed by atoms with Gasteiger partial charge in [0.25, 0.3) is 0 Å². The predicted octanol–water partition coefficient (Wildman–Crippen LogP) is 5.12. The van der Waals surface area contributed by atoms with Crippen molar-refractivity contribution in [2.75, 3.05) is 32.2 Å². The Morgan fingerprint density at radius 2 is 1.74 bits per heavy atom. The molecule has 1 aliphatic rings. The summed E-state index contributed by atoms with van der Waals surface area (Å²) in [6.07, 6.45) is 3.95. The Balaban J connectivity index is 1.73. The van der Waals surface area contributed by atoms with Crippen LogP contribution in [-0.4, -0.2) is 37.1 Å². The van der Waals surface area contributed by atoms with Gasteiger partial charge in [-0.25, -0.2) is 0 Å². The molecule has 0 saturated carbocycles. The quantitative estimate of drug-likeness (QED) is 0.503. The molecule has 0 radical (unpaired) electrons. The first-order chi connectivity index (χ1) is 16.4. The Labute approximate surface area is 203 Å². The van der Waals surface area contributed by atoms with Gasteiger partial charge in [-0.3, -0.25) is 4.68 Å². The topological polar surface area (TPSA) is 65.5 Å². The Kier molecular flexibility index (Phi) is 7.17. The maximum atomic E-state index is 6.10. The van der Waals surface area contributed by atoms with Gasteiger partial charge in [0.2, 0.25) is 0 Å². The molecule has 0 spiro atoms. The number of aromatic nitrogens is 2. The first-order valence-corrected chi connectivity index (χ1v) is 12.2. The van der Waals surface area contributed by atoms with E-state index >= 15 is 0 Å². The molecule has 2 heterocycles. The molecule has 1 aliphatic heterocycles. The number of hydrogen-bond acceptors (Lipinski definition) is 5. The summed E-state index contributed by atoms with van der Waals surface area (Å²) < 4.78 is 13.1. The molecule has 0 amide bonds. The van der Waals surface area contributed by atoms with Gasteiger partial charge in [-0.05, 0) is 81.8 Å². The number of benzene rings is 2. The number of nitrogens with zero attached hydrogens (tertiary/aromatic N) is 3. The zero-order valence-electron chi connectivity index (χ0n) is 21.4. The van der Waals surface area contributed by atoms with E-state index in [1.165, 1.54) is 39.2 Å². The highest BCUT2D eigenvalue weighted by molar-refractivity contribution is 5.71. The molecule has 0 saturated heterocycles. The van der Waals surface area contributed by atoms with Gasteiger partial charge < -0.3 is 20.1 Å². The highest BCUT2D eigenvalue weighted by Crippen LogP contribution is 2.41. The molecule has 0 bridgehead atoms. The van der Waals surface area contributed by atoms with Gasteiger partial charge in [0, 0.05) is 36.5 Å². The summed E-state index contributed by atoms with van der Waals surface area (Å²) in [6.45, 7) is 8.21. The summed E-state index contributed by atoms with van der Waals surface area (Å²) >= 11 is 0. The van der Waals surface area contributed by atoms with Crippen molar-refractivity contribution in [3.05, 3.63) is 63.8 Å². The van der Waals surface area contributed by atoms with E-state index < -0.39 is 0 Å². The second-order valence-electron chi connectivity index (χ2n) is 9.48. The third-order valence-electron chi connectivity index (χ3n) is 6.97. The molecule has 6 heteroatoms. The molecular formula is C28H38N4O2. The van der Waals surface area contributed by atoms with Gasteiger partial charge in [-0.1, -0.05) is 23.8 Å². The first-order valence-electron chi connectivity index (χ1n) is 12.2. The van der Waals surface area contributed by atoms with Crippen molar-refractivity contribution in [1.82, 2.24) is 9.78 Å². The number of anilines is 2. The molecule has 182 valence electrons. The molecule has 1 unspecified atom stereocenters. The van der Waals surface area contributed by atoms with E-state index in [9.17, 15) is 0 Å². The van der Waals surface area contributed by atoms with Crippen LogP contribution < -0.4 is 20.1 Å². The lowest BCUT2D eigenvalue weighted by Gasteiger charge is -2.31. The number of nitrogens with two attached hydrogens (primary N) is 1. The fourth-order valence-electron chi connectivity index (χ4n) is 5.70. The zero-order valence-corrected chi connectivity index (χ0v) is 21.4. The number of ether oxygens (including phenoxy) is 2. The van der Waals surface area contributed by atoms with Gasteiger partial charge in [0.05, 0.1) is 14.2 Å². The van der Waals surface area contributed by atoms with Gasteiger partial charge in [-0.15, -0.1) is 0 Å². The Hall–Kier alpha value is -2.99. The largest absolute Gasteiger partial charge is 0.493 e. The highest BCUT2D eigenvalue weighted by atomic mass is 16.5. The Bertz CT molecular complexity index is 1140. The number of hydrogen-bond donors (Lipinski definition) is 1. The van der Waals surface area contributed by atoms with Crippen molar-refractivity contribution in [3.63, 3.8) is 0 Å². The lowest BCUT2D eigenvalue weighted by atomic mass is 9.88. The number of rotatable bonds is 8. The van der Waals surface area contributed by atoms with Crippen molar-refractivity contribution in [3.8, 4) is 11.5 Å². The summed E-state index contributed by atoms with van der Waals surface area (Å²) in [5, 5.41) is 5.08. The van der Waals surface area contributed by atoms with Crippen LogP contribution >= 0.6 is 0 Å². The molecule has 2 aromatic carbocycles. The van der Waals surface area contributed by atoms with Crippen LogP contribution in [0, 0.1) is 20.8 Å². The van der Waals surface area contributed by atoms with Gasteiger partial charge in [0.15, 0.2) is 17.3 Å². The van der Waals surface area contributed by atoms with E-state index in [1.54, 1.807) is 14.2 Å². The van der Waals surface area contributed by atoms with Crippen molar-refractivity contribution < 1.29 is 9.47 Å². The van der Waals surface area contributed by atoms with Crippen molar-refractivity contribution >= 4 is 11.5 Å². The lowest BCUT2D eigenvalue weighted by molar-refractivity contribution is 0.354. The highest BCUT2D eigenvalue weighted by Gasteiger charge is 2.30. The smallest absolute Gasteiger partial charge is 0.160 e. The minimum Gasteiger partial charge on any atom is -0.493 e. The molecule has 0 aliphatic carbocycles. The van der Waals surface area contributed by atoms with Crippen LogP contribution in [0.4, 0.5) is 11.5 Å². The fourth-order valence-corrected chi connectivity index (χ4v) is 5.70. The van der Waals surface area contributed by atoms with Crippen LogP contribution in [0.1, 0.15) is 52.3 Å². The zero-order chi connectivity index (χ0) is 24.4. The third-order valence-corrected chi connectivity index (χ3v) is 6.97. The minimum absolute atomic E-state index is 0.282. The lowest BCUT2D eigenvalue weighted by Crippen LogP contribution is -2.26.